The molecule has 3 aromatic carbocycles. The number of nitriles is 1. The lowest BCUT2D eigenvalue weighted by Gasteiger charge is -2.28. The van der Waals surface area contributed by atoms with Crippen LogP contribution in [-0.4, -0.2) is 0 Å². The number of rotatable bonds is 6. The zero-order chi connectivity index (χ0) is 20.9. The molecule has 0 spiro atoms. The Kier molecular flexibility index (Phi) is 6.48. The summed E-state index contributed by atoms with van der Waals surface area (Å²) in [6.45, 7) is 2.30. The molecule has 1 aliphatic rings. The fraction of sp³-hybridized carbons (Fsp3) is 0.393. The lowest BCUT2D eigenvalue weighted by Crippen LogP contribution is -2.15. The fourth-order valence-corrected chi connectivity index (χ4v) is 5.01. The summed E-state index contributed by atoms with van der Waals surface area (Å²) in [5.74, 6) is 1.44. The highest BCUT2D eigenvalue weighted by molar-refractivity contribution is 5.88. The standard InChI is InChI=1S/C28H30FN/c1-2-3-20-4-6-21(7-5-20)8-9-22-10-12-23(13-11-22)24-16-17-27-25(18-24)14-15-26(19-30)28(27)29/h10-18,20-21H,2-9H2,1H3. The van der Waals surface area contributed by atoms with Gasteiger partial charge in [-0.1, -0.05) is 87.9 Å². The molecule has 0 saturated heterocycles. The maximum Gasteiger partial charge on any atom is 0.148 e. The molecule has 154 valence electrons. The molecule has 2 heteroatoms. The van der Waals surface area contributed by atoms with Gasteiger partial charge in [0.1, 0.15) is 11.9 Å². The van der Waals surface area contributed by atoms with Crippen molar-refractivity contribution in [2.75, 3.05) is 0 Å². The Balaban J connectivity index is 1.39. The molecule has 0 bridgehead atoms. The molecule has 30 heavy (non-hydrogen) atoms. The number of halogens is 1. The SMILES string of the molecule is CCCC1CCC(CCc2ccc(-c3ccc4c(F)c(C#N)ccc4c3)cc2)CC1. The van der Waals surface area contributed by atoms with Crippen LogP contribution in [0.4, 0.5) is 4.39 Å². The molecular formula is C28H30FN. The minimum absolute atomic E-state index is 0.0958. The van der Waals surface area contributed by atoms with Crippen LogP contribution in [-0.2, 0) is 6.42 Å². The molecule has 0 radical (unpaired) electrons. The Labute approximate surface area is 179 Å². The van der Waals surface area contributed by atoms with Crippen LogP contribution >= 0.6 is 0 Å². The highest BCUT2D eigenvalue weighted by atomic mass is 19.1. The van der Waals surface area contributed by atoms with Crippen LogP contribution in [0.1, 0.15) is 63.0 Å². The predicted octanol–water partition coefficient (Wildman–Crippen LogP) is 8.06. The molecule has 0 heterocycles. The van der Waals surface area contributed by atoms with E-state index in [9.17, 15) is 4.39 Å². The monoisotopic (exact) mass is 399 g/mol. The number of benzene rings is 3. The van der Waals surface area contributed by atoms with Crippen LogP contribution in [0.2, 0.25) is 0 Å². The molecule has 0 amide bonds. The fourth-order valence-electron chi connectivity index (χ4n) is 5.01. The molecule has 0 aromatic heterocycles. The van der Waals surface area contributed by atoms with Crippen molar-refractivity contribution in [3.8, 4) is 17.2 Å². The highest BCUT2D eigenvalue weighted by Crippen LogP contribution is 2.34. The Morgan fingerprint density at radius 2 is 1.53 bits per heavy atom. The number of hydrogen-bond donors (Lipinski definition) is 0. The van der Waals surface area contributed by atoms with Crippen molar-refractivity contribution in [3.63, 3.8) is 0 Å². The Hall–Kier alpha value is -2.66. The second-order valence-corrected chi connectivity index (χ2v) is 8.89. The van der Waals surface area contributed by atoms with Gasteiger partial charge in [-0.2, -0.15) is 5.26 Å². The van der Waals surface area contributed by atoms with E-state index in [-0.39, 0.29) is 5.56 Å². The molecule has 1 saturated carbocycles. The Morgan fingerprint density at radius 3 is 2.20 bits per heavy atom. The summed E-state index contributed by atoms with van der Waals surface area (Å²) in [5.41, 5.74) is 3.72. The summed E-state index contributed by atoms with van der Waals surface area (Å²) in [6.07, 6.45) is 10.9. The molecular weight excluding hydrogens is 369 g/mol. The molecule has 0 unspecified atom stereocenters. The first-order valence-corrected chi connectivity index (χ1v) is 11.4. The van der Waals surface area contributed by atoms with Crippen LogP contribution in [0.3, 0.4) is 0 Å². The van der Waals surface area contributed by atoms with E-state index in [1.807, 2.05) is 24.3 Å². The molecule has 1 aliphatic carbocycles. The van der Waals surface area contributed by atoms with Crippen LogP contribution < -0.4 is 0 Å². The molecule has 0 N–H and O–H groups in total. The lowest BCUT2D eigenvalue weighted by molar-refractivity contribution is 0.252. The second kappa shape index (κ2) is 9.43. The van der Waals surface area contributed by atoms with Gasteiger partial charge in [0, 0.05) is 5.39 Å². The van der Waals surface area contributed by atoms with Crippen LogP contribution in [0.15, 0.2) is 54.6 Å². The van der Waals surface area contributed by atoms with Crippen molar-refractivity contribution in [3.05, 3.63) is 71.5 Å². The van der Waals surface area contributed by atoms with Crippen LogP contribution in [0.25, 0.3) is 21.9 Å². The Morgan fingerprint density at radius 1 is 0.867 bits per heavy atom. The van der Waals surface area contributed by atoms with Gasteiger partial charge in [0.25, 0.3) is 0 Å². The van der Waals surface area contributed by atoms with Gasteiger partial charge in [-0.25, -0.2) is 4.39 Å². The van der Waals surface area contributed by atoms with Gasteiger partial charge in [-0.3, -0.25) is 0 Å². The predicted molar refractivity (Wildman–Crippen MR) is 123 cm³/mol. The number of fused-ring (bicyclic) bond motifs is 1. The van der Waals surface area contributed by atoms with Crippen molar-refractivity contribution < 1.29 is 4.39 Å². The quantitative estimate of drug-likeness (QED) is 0.411. The van der Waals surface area contributed by atoms with Gasteiger partial charge in [0.05, 0.1) is 5.56 Å². The largest absolute Gasteiger partial charge is 0.205 e. The first-order valence-electron chi connectivity index (χ1n) is 11.4. The van der Waals surface area contributed by atoms with Crippen LogP contribution in [0.5, 0.6) is 0 Å². The van der Waals surface area contributed by atoms with Gasteiger partial charge in [0.2, 0.25) is 0 Å². The van der Waals surface area contributed by atoms with Gasteiger partial charge in [-0.15, -0.1) is 0 Å². The van der Waals surface area contributed by atoms with Gasteiger partial charge >= 0.3 is 0 Å². The minimum atomic E-state index is -0.430. The first kappa shape index (κ1) is 20.6. The molecule has 1 fully saturated rings. The highest BCUT2D eigenvalue weighted by Gasteiger charge is 2.20. The Bertz CT molecular complexity index is 1040. The van der Waals surface area contributed by atoms with E-state index < -0.39 is 5.82 Å². The zero-order valence-corrected chi connectivity index (χ0v) is 17.8. The van der Waals surface area contributed by atoms with E-state index in [0.29, 0.717) is 5.39 Å². The summed E-state index contributed by atoms with van der Waals surface area (Å²) < 4.78 is 14.3. The average molecular weight is 400 g/mol. The van der Waals surface area contributed by atoms with E-state index in [1.165, 1.54) is 50.5 Å². The van der Waals surface area contributed by atoms with Crippen molar-refractivity contribution in [1.29, 1.82) is 5.26 Å². The van der Waals surface area contributed by atoms with Crippen molar-refractivity contribution in [2.24, 2.45) is 11.8 Å². The molecule has 1 nitrogen and oxygen atoms in total. The minimum Gasteiger partial charge on any atom is -0.205 e. The number of hydrogen-bond acceptors (Lipinski definition) is 1. The second-order valence-electron chi connectivity index (χ2n) is 8.89. The average Bonchev–Trinajstić information content (AvgIpc) is 2.79. The zero-order valence-electron chi connectivity index (χ0n) is 17.8. The summed E-state index contributed by atoms with van der Waals surface area (Å²) >= 11 is 0. The van der Waals surface area contributed by atoms with Crippen molar-refractivity contribution >= 4 is 10.8 Å². The van der Waals surface area contributed by atoms with E-state index in [1.54, 1.807) is 12.1 Å². The molecule has 0 atom stereocenters. The summed E-state index contributed by atoms with van der Waals surface area (Å²) in [7, 11) is 0. The van der Waals surface area contributed by atoms with Crippen LogP contribution in [0, 0.1) is 29.0 Å². The molecule has 4 rings (SSSR count). The third-order valence-corrected chi connectivity index (χ3v) is 6.87. The topological polar surface area (TPSA) is 23.8 Å². The van der Waals surface area contributed by atoms with Gasteiger partial charge < -0.3 is 0 Å². The lowest BCUT2D eigenvalue weighted by atomic mass is 9.78. The van der Waals surface area contributed by atoms with Crippen molar-refractivity contribution in [2.45, 2.75) is 58.3 Å². The maximum absolute atomic E-state index is 14.3. The van der Waals surface area contributed by atoms with E-state index in [4.69, 9.17) is 5.26 Å². The van der Waals surface area contributed by atoms with Crippen molar-refractivity contribution in [1.82, 2.24) is 0 Å². The third-order valence-electron chi connectivity index (χ3n) is 6.87. The summed E-state index contributed by atoms with van der Waals surface area (Å²) in [6, 6.07) is 19.8. The first-order chi connectivity index (χ1) is 14.7. The maximum atomic E-state index is 14.3. The van der Waals surface area contributed by atoms with E-state index in [0.717, 1.165) is 34.8 Å². The summed E-state index contributed by atoms with van der Waals surface area (Å²) in [4.78, 5) is 0. The molecule has 0 aliphatic heterocycles. The normalized spacial score (nSPS) is 19.0. The number of aryl methyl sites for hydroxylation is 1. The van der Waals surface area contributed by atoms with Gasteiger partial charge in [-0.05, 0) is 58.9 Å². The summed E-state index contributed by atoms with van der Waals surface area (Å²) in [5, 5.41) is 10.3. The third kappa shape index (κ3) is 4.57. The smallest absolute Gasteiger partial charge is 0.148 e. The molecule has 3 aromatic rings. The van der Waals surface area contributed by atoms with E-state index in [2.05, 4.69) is 31.2 Å². The van der Waals surface area contributed by atoms with Gasteiger partial charge in [0.15, 0.2) is 0 Å². The van der Waals surface area contributed by atoms with E-state index >= 15 is 0 Å². The number of nitrogens with zero attached hydrogens (tertiary/aromatic N) is 1.